The number of benzene rings is 1. The smallest absolute Gasteiger partial charge is 0.170 e. The summed E-state index contributed by atoms with van der Waals surface area (Å²) in [6.45, 7) is 5.86. The maximum Gasteiger partial charge on any atom is 0.170 e. The van der Waals surface area contributed by atoms with E-state index in [0.29, 0.717) is 6.42 Å². The standard InChI is InChI=1S/C15H18N2O/c1-10-6-5-7-13(8-10)9-14(18)15-11(2)16-17(4)12(15)3/h5-8H,9H2,1-4H3. The highest BCUT2D eigenvalue weighted by Gasteiger charge is 2.17. The van der Waals surface area contributed by atoms with Gasteiger partial charge in [0, 0.05) is 19.2 Å². The van der Waals surface area contributed by atoms with E-state index in [1.54, 1.807) is 4.68 Å². The van der Waals surface area contributed by atoms with Crippen LogP contribution in [0.5, 0.6) is 0 Å². The Balaban J connectivity index is 2.27. The number of hydrogen-bond donors (Lipinski definition) is 0. The van der Waals surface area contributed by atoms with Crippen molar-refractivity contribution in [3.63, 3.8) is 0 Å². The third kappa shape index (κ3) is 2.35. The van der Waals surface area contributed by atoms with Gasteiger partial charge in [-0.05, 0) is 26.3 Å². The lowest BCUT2D eigenvalue weighted by molar-refractivity contribution is 0.0991. The van der Waals surface area contributed by atoms with Crippen LogP contribution in [0.1, 0.15) is 32.9 Å². The van der Waals surface area contributed by atoms with Gasteiger partial charge in [-0.1, -0.05) is 29.8 Å². The number of carbonyl (C=O) groups excluding carboxylic acids is 1. The van der Waals surface area contributed by atoms with Crippen molar-refractivity contribution in [1.29, 1.82) is 0 Å². The summed E-state index contributed by atoms with van der Waals surface area (Å²) in [6, 6.07) is 8.07. The molecule has 0 fully saturated rings. The zero-order chi connectivity index (χ0) is 13.3. The molecule has 0 aliphatic carbocycles. The SMILES string of the molecule is Cc1cccc(CC(=O)c2c(C)nn(C)c2C)c1. The third-order valence-corrected chi connectivity index (χ3v) is 3.24. The van der Waals surface area contributed by atoms with Crippen LogP contribution < -0.4 is 0 Å². The fraction of sp³-hybridized carbons (Fsp3) is 0.333. The molecule has 0 bridgehead atoms. The van der Waals surface area contributed by atoms with Crippen LogP contribution in [0.4, 0.5) is 0 Å². The molecule has 3 nitrogen and oxygen atoms in total. The summed E-state index contributed by atoms with van der Waals surface area (Å²) in [5.74, 6) is 0.142. The van der Waals surface area contributed by atoms with Gasteiger partial charge in [-0.3, -0.25) is 9.48 Å². The van der Waals surface area contributed by atoms with E-state index in [9.17, 15) is 4.79 Å². The molecule has 0 aliphatic heterocycles. The van der Waals surface area contributed by atoms with Crippen molar-refractivity contribution < 1.29 is 4.79 Å². The topological polar surface area (TPSA) is 34.9 Å². The zero-order valence-corrected chi connectivity index (χ0v) is 11.3. The number of rotatable bonds is 3. The first-order valence-electron chi connectivity index (χ1n) is 6.08. The summed E-state index contributed by atoms with van der Waals surface area (Å²) < 4.78 is 1.76. The van der Waals surface area contributed by atoms with Gasteiger partial charge in [0.2, 0.25) is 0 Å². The highest BCUT2D eigenvalue weighted by molar-refractivity contribution is 5.99. The van der Waals surface area contributed by atoms with Gasteiger partial charge in [-0.2, -0.15) is 5.10 Å². The van der Waals surface area contributed by atoms with Crippen LogP contribution in [0.3, 0.4) is 0 Å². The molecule has 0 aliphatic rings. The summed E-state index contributed by atoms with van der Waals surface area (Å²) >= 11 is 0. The highest BCUT2D eigenvalue weighted by atomic mass is 16.1. The predicted molar refractivity (Wildman–Crippen MR) is 71.9 cm³/mol. The Hall–Kier alpha value is -1.90. The van der Waals surface area contributed by atoms with Gasteiger partial charge in [0.1, 0.15) is 0 Å². The fourth-order valence-corrected chi connectivity index (χ4v) is 2.27. The van der Waals surface area contributed by atoms with Crippen LogP contribution in [0.15, 0.2) is 24.3 Å². The second-order valence-electron chi connectivity index (χ2n) is 4.76. The summed E-state index contributed by atoms with van der Waals surface area (Å²) in [5, 5.41) is 4.29. The number of ketones is 1. The first kappa shape index (κ1) is 12.6. The largest absolute Gasteiger partial charge is 0.294 e. The third-order valence-electron chi connectivity index (χ3n) is 3.24. The second-order valence-corrected chi connectivity index (χ2v) is 4.76. The molecule has 18 heavy (non-hydrogen) atoms. The molecule has 0 spiro atoms. The van der Waals surface area contributed by atoms with Crippen LogP contribution in [0, 0.1) is 20.8 Å². The number of nitrogens with zero attached hydrogens (tertiary/aromatic N) is 2. The average Bonchev–Trinajstić information content (AvgIpc) is 2.53. The zero-order valence-electron chi connectivity index (χ0n) is 11.3. The molecule has 0 radical (unpaired) electrons. The molecule has 2 aromatic rings. The number of hydrogen-bond acceptors (Lipinski definition) is 2. The van der Waals surface area contributed by atoms with E-state index in [1.165, 1.54) is 5.56 Å². The number of aromatic nitrogens is 2. The first-order chi connectivity index (χ1) is 8.49. The van der Waals surface area contributed by atoms with Crippen molar-refractivity contribution in [3.05, 3.63) is 52.3 Å². The van der Waals surface area contributed by atoms with Gasteiger partial charge < -0.3 is 0 Å². The Morgan fingerprint density at radius 3 is 2.56 bits per heavy atom. The molecule has 0 amide bonds. The molecule has 0 saturated carbocycles. The molecule has 1 aromatic heterocycles. The van der Waals surface area contributed by atoms with Crippen LogP contribution in [0.2, 0.25) is 0 Å². The molecule has 3 heteroatoms. The number of Topliss-reactive ketones (excluding diaryl/α,β-unsaturated/α-hetero) is 1. The minimum atomic E-state index is 0.142. The Labute approximate surface area is 107 Å². The minimum absolute atomic E-state index is 0.142. The van der Waals surface area contributed by atoms with Crippen molar-refractivity contribution in [1.82, 2.24) is 9.78 Å². The monoisotopic (exact) mass is 242 g/mol. The lowest BCUT2D eigenvalue weighted by atomic mass is 10.0. The summed E-state index contributed by atoms with van der Waals surface area (Å²) in [6.07, 6.45) is 0.440. The van der Waals surface area contributed by atoms with E-state index < -0.39 is 0 Å². The molecule has 0 N–H and O–H groups in total. The van der Waals surface area contributed by atoms with Crippen LogP contribution >= 0.6 is 0 Å². The summed E-state index contributed by atoms with van der Waals surface area (Å²) in [7, 11) is 1.87. The number of aryl methyl sites for hydroxylation is 3. The average molecular weight is 242 g/mol. The Bertz CT molecular complexity index is 597. The van der Waals surface area contributed by atoms with E-state index in [1.807, 2.05) is 46.0 Å². The van der Waals surface area contributed by atoms with Crippen molar-refractivity contribution in [3.8, 4) is 0 Å². The van der Waals surface area contributed by atoms with Gasteiger partial charge >= 0.3 is 0 Å². The summed E-state index contributed by atoms with van der Waals surface area (Å²) in [4.78, 5) is 12.3. The van der Waals surface area contributed by atoms with Crippen molar-refractivity contribution >= 4 is 5.78 Å². The van der Waals surface area contributed by atoms with E-state index in [2.05, 4.69) is 11.2 Å². The molecular weight excluding hydrogens is 224 g/mol. The lowest BCUT2D eigenvalue weighted by Crippen LogP contribution is -2.06. The van der Waals surface area contributed by atoms with Crippen molar-refractivity contribution in [2.45, 2.75) is 27.2 Å². The first-order valence-corrected chi connectivity index (χ1v) is 6.08. The molecule has 0 saturated heterocycles. The maximum atomic E-state index is 12.3. The molecule has 0 atom stereocenters. The van der Waals surface area contributed by atoms with Gasteiger partial charge in [0.15, 0.2) is 5.78 Å². The minimum Gasteiger partial charge on any atom is -0.294 e. The van der Waals surface area contributed by atoms with Gasteiger partial charge in [0.25, 0.3) is 0 Å². The van der Waals surface area contributed by atoms with Crippen LogP contribution in [-0.4, -0.2) is 15.6 Å². The van der Waals surface area contributed by atoms with Crippen molar-refractivity contribution in [2.24, 2.45) is 7.05 Å². The Kier molecular flexibility index (Phi) is 3.32. The van der Waals surface area contributed by atoms with Crippen LogP contribution in [0.25, 0.3) is 0 Å². The molecule has 2 rings (SSSR count). The molecule has 94 valence electrons. The second kappa shape index (κ2) is 4.77. The normalized spacial score (nSPS) is 10.7. The van der Waals surface area contributed by atoms with Gasteiger partial charge in [0.05, 0.1) is 11.3 Å². The molecule has 1 aromatic carbocycles. The molecule has 0 unspecified atom stereocenters. The summed E-state index contributed by atoms with van der Waals surface area (Å²) in [5.41, 5.74) is 4.75. The van der Waals surface area contributed by atoms with E-state index >= 15 is 0 Å². The molecule has 1 heterocycles. The number of carbonyl (C=O) groups is 1. The Morgan fingerprint density at radius 2 is 2.00 bits per heavy atom. The van der Waals surface area contributed by atoms with E-state index in [0.717, 1.165) is 22.5 Å². The fourth-order valence-electron chi connectivity index (χ4n) is 2.27. The van der Waals surface area contributed by atoms with Gasteiger partial charge in [-0.15, -0.1) is 0 Å². The molecular formula is C15H18N2O. The van der Waals surface area contributed by atoms with E-state index in [4.69, 9.17) is 0 Å². The lowest BCUT2D eigenvalue weighted by Gasteiger charge is -2.03. The Morgan fingerprint density at radius 1 is 1.28 bits per heavy atom. The predicted octanol–water partition coefficient (Wildman–Crippen LogP) is 2.77. The maximum absolute atomic E-state index is 12.3. The highest BCUT2D eigenvalue weighted by Crippen LogP contribution is 2.16. The van der Waals surface area contributed by atoms with Gasteiger partial charge in [-0.25, -0.2) is 0 Å². The van der Waals surface area contributed by atoms with E-state index in [-0.39, 0.29) is 5.78 Å². The van der Waals surface area contributed by atoms with Crippen LogP contribution in [-0.2, 0) is 13.5 Å². The van der Waals surface area contributed by atoms with Crippen molar-refractivity contribution in [2.75, 3.05) is 0 Å². The quantitative estimate of drug-likeness (QED) is 0.776.